The Kier molecular flexibility index (Phi) is 4.06. The summed E-state index contributed by atoms with van der Waals surface area (Å²) in [5, 5.41) is 0. The first kappa shape index (κ1) is 6.54. The lowest BCUT2D eigenvalue weighted by Crippen LogP contribution is -1.96. The summed E-state index contributed by atoms with van der Waals surface area (Å²) < 4.78 is 4.54. The highest BCUT2D eigenvalue weighted by Crippen LogP contribution is 1.99. The molecule has 38 valence electrons. The highest BCUT2D eigenvalue weighted by Gasteiger charge is 1.91. The normalized spacial score (nSPS) is 10.0. The molecule has 0 unspecified atom stereocenters. The van der Waals surface area contributed by atoms with Gasteiger partial charge < -0.3 is 4.74 Å². The van der Waals surface area contributed by atoms with Gasteiger partial charge in [0.1, 0.15) is 4.84 Å². The molecule has 0 aromatic carbocycles. The van der Waals surface area contributed by atoms with Gasteiger partial charge in [0.2, 0.25) is 0 Å². The third-order valence-electron chi connectivity index (χ3n) is 0.293. The third kappa shape index (κ3) is 4.54. The summed E-state index contributed by atoms with van der Waals surface area (Å²) >= 11 is 10.4. The summed E-state index contributed by atoms with van der Waals surface area (Å²) in [7, 11) is 1.55. The van der Waals surface area contributed by atoms with E-state index in [0.29, 0.717) is 6.61 Å². The van der Waals surface area contributed by atoms with E-state index in [4.69, 9.17) is 23.2 Å². The first-order valence-electron chi connectivity index (χ1n) is 1.54. The molecule has 0 atom stereocenters. The Hall–Kier alpha value is 0.540. The van der Waals surface area contributed by atoms with Crippen molar-refractivity contribution in [3.05, 3.63) is 0 Å². The first-order chi connectivity index (χ1) is 2.77. The lowest BCUT2D eigenvalue weighted by atomic mass is 10.9. The third-order valence-corrected chi connectivity index (χ3v) is 0.545. The van der Waals surface area contributed by atoms with Crippen LogP contribution < -0.4 is 0 Å². The molecule has 0 heterocycles. The second-order valence-corrected chi connectivity index (χ2v) is 2.12. The van der Waals surface area contributed by atoms with Crippen LogP contribution in [0.4, 0.5) is 0 Å². The molecule has 0 N–H and O–H groups in total. The molecule has 0 bridgehead atoms. The summed E-state index contributed by atoms with van der Waals surface area (Å²) in [6.07, 6.45) is 0. The monoisotopic (exact) mass is 128 g/mol. The lowest BCUT2D eigenvalue weighted by molar-refractivity contribution is 0.211. The summed E-state index contributed by atoms with van der Waals surface area (Å²) in [5.41, 5.74) is 0. The molecular formula is C3H6Cl2O. The van der Waals surface area contributed by atoms with Crippen LogP contribution in [0.3, 0.4) is 0 Å². The summed E-state index contributed by atoms with van der Waals surface area (Å²) in [4.78, 5) is -0.380. The van der Waals surface area contributed by atoms with Gasteiger partial charge in [-0.25, -0.2) is 0 Å². The van der Waals surface area contributed by atoms with E-state index in [-0.39, 0.29) is 4.84 Å². The van der Waals surface area contributed by atoms with E-state index in [9.17, 15) is 0 Å². The van der Waals surface area contributed by atoms with Crippen molar-refractivity contribution in [2.75, 3.05) is 13.7 Å². The van der Waals surface area contributed by atoms with E-state index in [1.54, 1.807) is 7.11 Å². The fourth-order valence-corrected chi connectivity index (χ4v) is 0.378. The van der Waals surface area contributed by atoms with Crippen molar-refractivity contribution >= 4 is 23.2 Å². The number of rotatable bonds is 2. The van der Waals surface area contributed by atoms with Crippen LogP contribution >= 0.6 is 23.2 Å². The molecule has 0 spiro atoms. The van der Waals surface area contributed by atoms with Crippen molar-refractivity contribution in [2.45, 2.75) is 4.84 Å². The Morgan fingerprint density at radius 3 is 2.17 bits per heavy atom. The van der Waals surface area contributed by atoms with Gasteiger partial charge in [-0.05, 0) is 0 Å². The molecule has 0 radical (unpaired) electrons. The van der Waals surface area contributed by atoms with Crippen LogP contribution in [0.2, 0.25) is 0 Å². The molecule has 0 amide bonds. The Balaban J connectivity index is 2.63. The Labute approximate surface area is 47.2 Å². The fourth-order valence-electron chi connectivity index (χ4n) is 0.126. The molecule has 0 saturated carbocycles. The molecule has 1 nitrogen and oxygen atoms in total. The van der Waals surface area contributed by atoms with Gasteiger partial charge in [0, 0.05) is 7.11 Å². The van der Waals surface area contributed by atoms with Crippen LogP contribution in [0.1, 0.15) is 0 Å². The van der Waals surface area contributed by atoms with Crippen LogP contribution in [-0.2, 0) is 4.74 Å². The van der Waals surface area contributed by atoms with Gasteiger partial charge in [-0.15, -0.1) is 23.2 Å². The minimum absolute atomic E-state index is 0.380. The predicted molar refractivity (Wildman–Crippen MR) is 27.4 cm³/mol. The zero-order valence-electron chi connectivity index (χ0n) is 3.45. The maximum Gasteiger partial charge on any atom is 0.131 e. The predicted octanol–water partition coefficient (Wildman–Crippen LogP) is 1.44. The van der Waals surface area contributed by atoms with E-state index in [2.05, 4.69) is 4.74 Å². The number of alkyl halides is 2. The fraction of sp³-hybridized carbons (Fsp3) is 1.00. The van der Waals surface area contributed by atoms with Crippen LogP contribution in [0.5, 0.6) is 0 Å². The van der Waals surface area contributed by atoms with Gasteiger partial charge in [0.15, 0.2) is 0 Å². The maximum absolute atomic E-state index is 5.22. The first-order valence-corrected chi connectivity index (χ1v) is 2.41. The van der Waals surface area contributed by atoms with Crippen LogP contribution in [0.15, 0.2) is 0 Å². The molecule has 0 aliphatic carbocycles. The summed E-state index contributed by atoms with van der Waals surface area (Å²) in [5.74, 6) is 0. The molecule has 6 heavy (non-hydrogen) atoms. The van der Waals surface area contributed by atoms with Crippen LogP contribution in [-0.4, -0.2) is 18.6 Å². The minimum Gasteiger partial charge on any atom is -0.382 e. The number of ether oxygens (including phenoxy) is 1. The highest BCUT2D eigenvalue weighted by molar-refractivity contribution is 6.44. The zero-order chi connectivity index (χ0) is 4.99. The van der Waals surface area contributed by atoms with Gasteiger partial charge in [0.05, 0.1) is 6.61 Å². The largest absolute Gasteiger partial charge is 0.382 e. The van der Waals surface area contributed by atoms with Crippen molar-refractivity contribution in [2.24, 2.45) is 0 Å². The van der Waals surface area contributed by atoms with Gasteiger partial charge in [0.25, 0.3) is 0 Å². The number of halogens is 2. The molecule has 0 aliphatic rings. The minimum atomic E-state index is -0.380. The van der Waals surface area contributed by atoms with Crippen molar-refractivity contribution in [1.29, 1.82) is 0 Å². The number of methoxy groups -OCH3 is 1. The van der Waals surface area contributed by atoms with E-state index in [0.717, 1.165) is 0 Å². The van der Waals surface area contributed by atoms with Gasteiger partial charge in [-0.3, -0.25) is 0 Å². The van der Waals surface area contributed by atoms with E-state index < -0.39 is 0 Å². The Morgan fingerprint density at radius 1 is 1.67 bits per heavy atom. The second-order valence-electron chi connectivity index (χ2n) is 0.846. The molecule has 0 aromatic heterocycles. The van der Waals surface area contributed by atoms with Crippen LogP contribution in [0, 0.1) is 0 Å². The average molecular weight is 129 g/mol. The highest BCUT2D eigenvalue weighted by atomic mass is 35.5. The lowest BCUT2D eigenvalue weighted by Gasteiger charge is -1.93. The van der Waals surface area contributed by atoms with Crippen molar-refractivity contribution < 1.29 is 4.74 Å². The van der Waals surface area contributed by atoms with Gasteiger partial charge in [-0.2, -0.15) is 0 Å². The SMILES string of the molecule is COCC(Cl)Cl. The molecule has 0 fully saturated rings. The molecule has 3 heteroatoms. The molecule has 0 aromatic rings. The average Bonchev–Trinajstić information content (AvgIpc) is 1.35. The zero-order valence-corrected chi connectivity index (χ0v) is 4.96. The quantitative estimate of drug-likeness (QED) is 0.512. The van der Waals surface area contributed by atoms with Gasteiger partial charge >= 0.3 is 0 Å². The van der Waals surface area contributed by atoms with Crippen LogP contribution in [0.25, 0.3) is 0 Å². The standard InChI is InChI=1S/C3H6Cl2O/c1-6-2-3(4)5/h3H,2H2,1H3. The van der Waals surface area contributed by atoms with E-state index in [1.807, 2.05) is 0 Å². The molecule has 0 saturated heterocycles. The summed E-state index contributed by atoms with van der Waals surface area (Å²) in [6, 6.07) is 0. The topological polar surface area (TPSA) is 9.23 Å². The number of hydrogen-bond acceptors (Lipinski definition) is 1. The van der Waals surface area contributed by atoms with E-state index in [1.165, 1.54) is 0 Å². The summed E-state index contributed by atoms with van der Waals surface area (Å²) in [6.45, 7) is 0.406. The molecule has 0 aliphatic heterocycles. The molecule has 0 rings (SSSR count). The smallest absolute Gasteiger partial charge is 0.131 e. The van der Waals surface area contributed by atoms with Gasteiger partial charge in [-0.1, -0.05) is 0 Å². The maximum atomic E-state index is 5.22. The van der Waals surface area contributed by atoms with Crippen molar-refractivity contribution in [1.82, 2.24) is 0 Å². The molecular weight excluding hydrogens is 123 g/mol. The Morgan fingerprint density at radius 2 is 2.17 bits per heavy atom. The van der Waals surface area contributed by atoms with Crippen molar-refractivity contribution in [3.63, 3.8) is 0 Å². The van der Waals surface area contributed by atoms with E-state index >= 15 is 0 Å². The second kappa shape index (κ2) is 3.72. The Bertz CT molecular complexity index is 30.0. The van der Waals surface area contributed by atoms with Crippen molar-refractivity contribution in [3.8, 4) is 0 Å². The number of hydrogen-bond donors (Lipinski definition) is 0.